The van der Waals surface area contributed by atoms with Crippen molar-refractivity contribution < 1.29 is 0 Å². The summed E-state index contributed by atoms with van der Waals surface area (Å²) in [6.07, 6.45) is 13.7. The van der Waals surface area contributed by atoms with Gasteiger partial charge in [-0.15, -0.1) is 0 Å². The Kier molecular flexibility index (Phi) is 10.8. The van der Waals surface area contributed by atoms with Gasteiger partial charge in [0.2, 0.25) is 0 Å². The zero-order chi connectivity index (χ0) is 20.7. The Morgan fingerprint density at radius 2 is 0.967 bits per heavy atom. The first kappa shape index (κ1) is 22.9. The minimum atomic E-state index is 0.903. The quantitative estimate of drug-likeness (QED) is 0.451. The molecule has 0 atom stereocenters. The molecule has 2 aromatic heterocycles. The van der Waals surface area contributed by atoms with Crippen LogP contribution >= 0.6 is 0 Å². The topological polar surface area (TPSA) is 90.2 Å². The van der Waals surface area contributed by atoms with Gasteiger partial charge in [-0.05, 0) is 12.8 Å². The van der Waals surface area contributed by atoms with Gasteiger partial charge in [0.1, 0.15) is 0 Å². The van der Waals surface area contributed by atoms with Crippen molar-refractivity contribution in [2.75, 3.05) is 65.9 Å². The summed E-state index contributed by atoms with van der Waals surface area (Å²) in [5.74, 6) is 0. The maximum Gasteiger partial charge on any atom is 0.0945 e. The maximum atomic E-state index is 4.11. The average Bonchev–Trinajstić information content (AvgIpc) is 3.46. The van der Waals surface area contributed by atoms with Crippen LogP contribution in [0.25, 0.3) is 0 Å². The van der Waals surface area contributed by atoms with Gasteiger partial charge in [-0.3, -0.25) is 9.80 Å². The minimum absolute atomic E-state index is 0.903. The molecule has 0 radical (unpaired) electrons. The van der Waals surface area contributed by atoms with E-state index in [1.165, 1.54) is 0 Å². The van der Waals surface area contributed by atoms with Crippen molar-refractivity contribution in [1.29, 1.82) is 0 Å². The molecule has 0 amide bonds. The first-order valence-corrected chi connectivity index (χ1v) is 11.1. The average molecular weight is 419 g/mol. The van der Waals surface area contributed by atoms with E-state index in [4.69, 9.17) is 0 Å². The fourth-order valence-corrected chi connectivity index (χ4v) is 3.52. The lowest BCUT2D eigenvalue weighted by atomic mass is 10.4. The van der Waals surface area contributed by atoms with Gasteiger partial charge in [0.15, 0.2) is 0 Å². The number of aromatic nitrogens is 4. The summed E-state index contributed by atoms with van der Waals surface area (Å²) in [5.41, 5.74) is 0. The van der Waals surface area contributed by atoms with Gasteiger partial charge in [0, 0.05) is 104 Å². The predicted molar refractivity (Wildman–Crippen MR) is 119 cm³/mol. The van der Waals surface area contributed by atoms with Gasteiger partial charge < -0.3 is 30.4 Å². The molecule has 0 bridgehead atoms. The first-order valence-electron chi connectivity index (χ1n) is 11.1. The van der Waals surface area contributed by atoms with E-state index >= 15 is 0 Å². The molecule has 168 valence electrons. The fraction of sp³-hybridized carbons (Fsp3) is 0.700. The number of imidazole rings is 2. The van der Waals surface area contributed by atoms with Crippen LogP contribution < -0.4 is 21.3 Å². The number of hydrogen-bond acceptors (Lipinski definition) is 8. The van der Waals surface area contributed by atoms with E-state index in [0.29, 0.717) is 0 Å². The molecule has 10 heteroatoms. The van der Waals surface area contributed by atoms with Crippen molar-refractivity contribution in [2.24, 2.45) is 0 Å². The first-order chi connectivity index (χ1) is 14.9. The lowest BCUT2D eigenvalue weighted by Gasteiger charge is -2.26. The molecule has 0 aliphatic carbocycles. The highest BCUT2D eigenvalue weighted by molar-refractivity contribution is 4.75. The molecule has 3 heterocycles. The second-order valence-corrected chi connectivity index (χ2v) is 7.73. The van der Waals surface area contributed by atoms with E-state index in [9.17, 15) is 0 Å². The number of nitrogens with zero attached hydrogens (tertiary/aromatic N) is 6. The monoisotopic (exact) mass is 418 g/mol. The van der Waals surface area contributed by atoms with Gasteiger partial charge in [-0.2, -0.15) is 0 Å². The Hall–Kier alpha value is -1.82. The molecule has 0 unspecified atom stereocenters. The predicted octanol–water partition coefficient (Wildman–Crippen LogP) is -0.634. The third-order valence-corrected chi connectivity index (χ3v) is 5.20. The maximum absolute atomic E-state index is 4.11. The molecule has 0 aromatic carbocycles. The van der Waals surface area contributed by atoms with Crippen LogP contribution in [0.3, 0.4) is 0 Å². The van der Waals surface area contributed by atoms with E-state index in [0.717, 1.165) is 91.9 Å². The molecule has 1 fully saturated rings. The third kappa shape index (κ3) is 9.33. The van der Waals surface area contributed by atoms with Crippen LogP contribution in [0.1, 0.15) is 12.8 Å². The molecule has 0 saturated carbocycles. The summed E-state index contributed by atoms with van der Waals surface area (Å²) in [4.78, 5) is 13.1. The Bertz CT molecular complexity index is 558. The van der Waals surface area contributed by atoms with Crippen molar-refractivity contribution in [3.63, 3.8) is 0 Å². The molecule has 4 N–H and O–H groups in total. The van der Waals surface area contributed by atoms with Crippen molar-refractivity contribution in [3.05, 3.63) is 37.4 Å². The summed E-state index contributed by atoms with van der Waals surface area (Å²) in [5, 5.41) is 14.3. The van der Waals surface area contributed by atoms with Crippen LogP contribution in [0, 0.1) is 0 Å². The largest absolute Gasteiger partial charge is 0.337 e. The van der Waals surface area contributed by atoms with Crippen LogP contribution in [0.4, 0.5) is 0 Å². The molecule has 1 aliphatic heterocycles. The third-order valence-electron chi connectivity index (χ3n) is 5.20. The normalized spacial score (nSPS) is 18.9. The summed E-state index contributed by atoms with van der Waals surface area (Å²) < 4.78 is 4.28. The van der Waals surface area contributed by atoms with Gasteiger partial charge in [-0.25, -0.2) is 9.97 Å². The Labute approximate surface area is 180 Å². The Morgan fingerprint density at radius 3 is 1.30 bits per heavy atom. The second kappa shape index (κ2) is 14.2. The molecule has 2 aromatic rings. The summed E-state index contributed by atoms with van der Waals surface area (Å²) >= 11 is 0. The lowest BCUT2D eigenvalue weighted by Crippen LogP contribution is -2.47. The number of aryl methyl sites for hydroxylation is 2. The highest BCUT2D eigenvalue weighted by Gasteiger charge is 2.07. The summed E-state index contributed by atoms with van der Waals surface area (Å²) in [6.45, 7) is 11.6. The molecular weight excluding hydrogens is 380 g/mol. The zero-order valence-corrected chi connectivity index (χ0v) is 18.0. The SMILES string of the molecule is c1cn(CCCN2CNCCNCN(CCCn3ccnc3)CNCCNC2)cn1. The van der Waals surface area contributed by atoms with Crippen LogP contribution in [-0.4, -0.2) is 94.8 Å². The number of nitrogens with one attached hydrogen (secondary N) is 4. The Balaban J connectivity index is 1.32. The molecule has 3 rings (SSSR count). The second-order valence-electron chi connectivity index (χ2n) is 7.73. The van der Waals surface area contributed by atoms with Crippen molar-refractivity contribution in [1.82, 2.24) is 50.2 Å². The van der Waals surface area contributed by atoms with E-state index in [1.807, 2.05) is 37.4 Å². The summed E-state index contributed by atoms with van der Waals surface area (Å²) in [7, 11) is 0. The molecule has 1 aliphatic rings. The van der Waals surface area contributed by atoms with Gasteiger partial charge >= 0.3 is 0 Å². The van der Waals surface area contributed by atoms with E-state index in [2.05, 4.69) is 50.2 Å². The van der Waals surface area contributed by atoms with Crippen LogP contribution in [0.2, 0.25) is 0 Å². The minimum Gasteiger partial charge on any atom is -0.337 e. The van der Waals surface area contributed by atoms with Crippen LogP contribution in [0.5, 0.6) is 0 Å². The Morgan fingerprint density at radius 1 is 0.567 bits per heavy atom. The number of hydrogen-bond donors (Lipinski definition) is 4. The van der Waals surface area contributed by atoms with Crippen molar-refractivity contribution in [3.8, 4) is 0 Å². The van der Waals surface area contributed by atoms with Gasteiger partial charge in [0.25, 0.3) is 0 Å². The molecular formula is C20H38N10. The standard InChI is InChI=1S/C20H38N10/c1(9-27-13-7-25-15-27)11-29-17-21-3-5-23-19-30(20-24-6-4-22-18-29)12-2-10-28-14-8-26-16-28/h7-8,13-16,21-24H,1-6,9-12,17-20H2. The molecule has 30 heavy (non-hydrogen) atoms. The van der Waals surface area contributed by atoms with Crippen LogP contribution in [-0.2, 0) is 13.1 Å². The van der Waals surface area contributed by atoms with Crippen LogP contribution in [0.15, 0.2) is 37.4 Å². The van der Waals surface area contributed by atoms with Gasteiger partial charge in [-0.1, -0.05) is 0 Å². The van der Waals surface area contributed by atoms with Crippen molar-refractivity contribution >= 4 is 0 Å². The van der Waals surface area contributed by atoms with E-state index in [1.54, 1.807) is 0 Å². The lowest BCUT2D eigenvalue weighted by molar-refractivity contribution is 0.209. The number of rotatable bonds is 8. The summed E-state index contributed by atoms with van der Waals surface area (Å²) in [6, 6.07) is 0. The van der Waals surface area contributed by atoms with Crippen molar-refractivity contribution in [2.45, 2.75) is 25.9 Å². The van der Waals surface area contributed by atoms with Gasteiger partial charge in [0.05, 0.1) is 12.7 Å². The smallest absolute Gasteiger partial charge is 0.0945 e. The molecule has 10 nitrogen and oxygen atoms in total. The zero-order valence-electron chi connectivity index (χ0n) is 18.0. The molecule has 0 spiro atoms. The van der Waals surface area contributed by atoms with E-state index in [-0.39, 0.29) is 0 Å². The van der Waals surface area contributed by atoms with E-state index < -0.39 is 0 Å². The highest BCUT2D eigenvalue weighted by atomic mass is 15.3. The molecule has 1 saturated heterocycles. The highest BCUT2D eigenvalue weighted by Crippen LogP contribution is 1.96. The fourth-order valence-electron chi connectivity index (χ4n) is 3.52.